The molecule has 1 heterocycles. The lowest BCUT2D eigenvalue weighted by Gasteiger charge is -2.11. The SMILES string of the molecule is COC(=O)c1ccc2c(Br)cnc(-c3c(F)cc(F)cc3F)c2c1. The highest BCUT2D eigenvalue weighted by atomic mass is 79.9. The maximum Gasteiger partial charge on any atom is 0.337 e. The fourth-order valence-corrected chi connectivity index (χ4v) is 2.87. The summed E-state index contributed by atoms with van der Waals surface area (Å²) in [5.41, 5.74) is -0.293. The van der Waals surface area contributed by atoms with Gasteiger partial charge in [0.05, 0.1) is 23.9 Å². The van der Waals surface area contributed by atoms with E-state index < -0.39 is 29.0 Å². The summed E-state index contributed by atoms with van der Waals surface area (Å²) in [6.45, 7) is 0. The molecule has 0 saturated carbocycles. The van der Waals surface area contributed by atoms with Crippen LogP contribution < -0.4 is 0 Å². The zero-order valence-electron chi connectivity index (χ0n) is 12.2. The molecule has 0 bridgehead atoms. The highest BCUT2D eigenvalue weighted by Gasteiger charge is 2.19. The van der Waals surface area contributed by atoms with Crippen LogP contribution in [0.2, 0.25) is 0 Å². The number of aromatic nitrogens is 1. The third kappa shape index (κ3) is 2.75. The van der Waals surface area contributed by atoms with Crippen molar-refractivity contribution in [3.63, 3.8) is 0 Å². The van der Waals surface area contributed by atoms with E-state index in [4.69, 9.17) is 0 Å². The first-order valence-corrected chi connectivity index (χ1v) is 7.53. The summed E-state index contributed by atoms with van der Waals surface area (Å²) in [6.07, 6.45) is 1.39. The summed E-state index contributed by atoms with van der Waals surface area (Å²) in [7, 11) is 1.23. The molecule has 0 unspecified atom stereocenters. The van der Waals surface area contributed by atoms with Gasteiger partial charge in [-0.3, -0.25) is 4.98 Å². The number of carbonyl (C=O) groups is 1. The Morgan fingerprint density at radius 1 is 1.08 bits per heavy atom. The number of hydrogen-bond acceptors (Lipinski definition) is 3. The molecule has 3 nitrogen and oxygen atoms in total. The van der Waals surface area contributed by atoms with E-state index in [2.05, 4.69) is 25.7 Å². The molecule has 0 aliphatic rings. The number of nitrogens with zero attached hydrogens (tertiary/aromatic N) is 1. The van der Waals surface area contributed by atoms with E-state index in [1.807, 2.05) is 0 Å². The summed E-state index contributed by atoms with van der Waals surface area (Å²) in [5, 5.41) is 0.924. The summed E-state index contributed by atoms with van der Waals surface area (Å²) >= 11 is 3.30. The van der Waals surface area contributed by atoms with Crippen LogP contribution in [0, 0.1) is 17.5 Å². The number of pyridine rings is 1. The molecule has 0 aliphatic heterocycles. The van der Waals surface area contributed by atoms with Crippen LogP contribution in [0.15, 0.2) is 41.0 Å². The van der Waals surface area contributed by atoms with E-state index >= 15 is 0 Å². The standard InChI is InChI=1S/C17H9BrF3NO2/c1-24-17(23)8-2-3-10-11(4-8)16(22-7-12(10)18)15-13(20)5-9(19)6-14(15)21/h2-7H,1H3. The van der Waals surface area contributed by atoms with Crippen molar-refractivity contribution in [2.75, 3.05) is 7.11 Å². The third-order valence-corrected chi connectivity index (χ3v) is 4.14. The van der Waals surface area contributed by atoms with Crippen LogP contribution in [-0.4, -0.2) is 18.1 Å². The molecular weight excluding hydrogens is 387 g/mol. The quantitative estimate of drug-likeness (QED) is 0.581. The molecule has 1 aromatic heterocycles. The maximum atomic E-state index is 14.1. The number of halogens is 4. The number of benzene rings is 2. The Kier molecular flexibility index (Phi) is 4.28. The van der Waals surface area contributed by atoms with Gasteiger partial charge in [-0.25, -0.2) is 18.0 Å². The molecule has 0 spiro atoms. The van der Waals surface area contributed by atoms with Gasteiger partial charge in [-0.05, 0) is 33.4 Å². The first-order chi connectivity index (χ1) is 11.4. The first-order valence-electron chi connectivity index (χ1n) is 6.74. The van der Waals surface area contributed by atoms with Gasteiger partial charge in [0.15, 0.2) is 0 Å². The molecule has 0 fully saturated rings. The van der Waals surface area contributed by atoms with Gasteiger partial charge in [0.25, 0.3) is 0 Å². The Balaban J connectivity index is 2.36. The molecule has 7 heteroatoms. The highest BCUT2D eigenvalue weighted by Crippen LogP contribution is 2.35. The van der Waals surface area contributed by atoms with Gasteiger partial charge in [0, 0.05) is 28.2 Å². The number of ether oxygens (including phenoxy) is 1. The van der Waals surface area contributed by atoms with E-state index in [9.17, 15) is 18.0 Å². The van der Waals surface area contributed by atoms with E-state index in [0.717, 1.165) is 0 Å². The summed E-state index contributed by atoms with van der Waals surface area (Å²) in [4.78, 5) is 15.8. The second-order valence-corrected chi connectivity index (χ2v) is 5.81. The lowest BCUT2D eigenvalue weighted by molar-refractivity contribution is 0.0601. The predicted molar refractivity (Wildman–Crippen MR) is 86.1 cm³/mol. The van der Waals surface area contributed by atoms with Gasteiger partial charge in [-0.15, -0.1) is 0 Å². The van der Waals surface area contributed by atoms with Crippen LogP contribution in [0.5, 0.6) is 0 Å². The molecular formula is C17H9BrF3NO2. The van der Waals surface area contributed by atoms with Crippen LogP contribution >= 0.6 is 15.9 Å². The molecule has 3 aromatic rings. The van der Waals surface area contributed by atoms with Crippen LogP contribution in [0.1, 0.15) is 10.4 Å². The van der Waals surface area contributed by atoms with Gasteiger partial charge in [0.1, 0.15) is 17.5 Å². The van der Waals surface area contributed by atoms with Gasteiger partial charge in [-0.1, -0.05) is 6.07 Å². The fraction of sp³-hybridized carbons (Fsp3) is 0.0588. The van der Waals surface area contributed by atoms with Crippen LogP contribution in [0.3, 0.4) is 0 Å². The molecule has 0 amide bonds. The zero-order valence-corrected chi connectivity index (χ0v) is 13.8. The summed E-state index contributed by atoms with van der Waals surface area (Å²) < 4.78 is 46.6. The molecule has 3 rings (SSSR count). The van der Waals surface area contributed by atoms with Crippen molar-refractivity contribution in [3.05, 3.63) is 64.0 Å². The van der Waals surface area contributed by atoms with E-state index in [1.165, 1.54) is 25.4 Å². The summed E-state index contributed by atoms with van der Waals surface area (Å²) in [5.74, 6) is -3.77. The van der Waals surface area contributed by atoms with Gasteiger partial charge < -0.3 is 4.74 Å². The average molecular weight is 396 g/mol. The van der Waals surface area contributed by atoms with Crippen molar-refractivity contribution in [1.29, 1.82) is 0 Å². The Morgan fingerprint density at radius 2 is 1.75 bits per heavy atom. The predicted octanol–water partition coefficient (Wildman–Crippen LogP) is 4.87. The third-order valence-electron chi connectivity index (χ3n) is 3.50. The van der Waals surface area contributed by atoms with Crippen molar-refractivity contribution in [1.82, 2.24) is 4.98 Å². The van der Waals surface area contributed by atoms with Crippen molar-refractivity contribution in [2.45, 2.75) is 0 Å². The largest absolute Gasteiger partial charge is 0.465 e. The second-order valence-electron chi connectivity index (χ2n) is 4.95. The van der Waals surface area contributed by atoms with Crippen molar-refractivity contribution in [2.24, 2.45) is 0 Å². The lowest BCUT2D eigenvalue weighted by Crippen LogP contribution is -2.02. The van der Waals surface area contributed by atoms with Crippen LogP contribution in [0.25, 0.3) is 22.0 Å². The number of fused-ring (bicyclic) bond motifs is 1. The fourth-order valence-electron chi connectivity index (χ4n) is 2.42. The summed E-state index contributed by atoms with van der Waals surface area (Å²) in [6, 6.07) is 5.73. The molecule has 0 saturated heterocycles. The molecule has 2 aromatic carbocycles. The van der Waals surface area contributed by atoms with Crippen molar-refractivity contribution in [3.8, 4) is 11.3 Å². The van der Waals surface area contributed by atoms with E-state index in [-0.39, 0.29) is 11.3 Å². The topological polar surface area (TPSA) is 39.2 Å². The molecule has 0 atom stereocenters. The van der Waals surface area contributed by atoms with Gasteiger partial charge in [-0.2, -0.15) is 0 Å². The number of carbonyl (C=O) groups excluding carboxylic acids is 1. The molecule has 24 heavy (non-hydrogen) atoms. The Labute approximate surface area is 143 Å². The minimum atomic E-state index is -1.08. The molecule has 0 aliphatic carbocycles. The van der Waals surface area contributed by atoms with Gasteiger partial charge in [0.2, 0.25) is 0 Å². The Morgan fingerprint density at radius 3 is 2.38 bits per heavy atom. The molecule has 0 N–H and O–H groups in total. The van der Waals surface area contributed by atoms with Crippen molar-refractivity contribution >= 4 is 32.7 Å². The highest BCUT2D eigenvalue weighted by molar-refractivity contribution is 9.10. The van der Waals surface area contributed by atoms with E-state index in [1.54, 1.807) is 6.07 Å². The molecule has 122 valence electrons. The smallest absolute Gasteiger partial charge is 0.337 e. The lowest BCUT2D eigenvalue weighted by atomic mass is 10.0. The van der Waals surface area contributed by atoms with Gasteiger partial charge >= 0.3 is 5.97 Å². The number of rotatable bonds is 2. The normalized spacial score (nSPS) is 10.9. The van der Waals surface area contributed by atoms with Crippen LogP contribution in [-0.2, 0) is 4.74 Å². The molecule has 0 radical (unpaired) electrons. The number of hydrogen-bond donors (Lipinski definition) is 0. The Hall–Kier alpha value is -2.41. The van der Waals surface area contributed by atoms with Crippen molar-refractivity contribution < 1.29 is 22.7 Å². The van der Waals surface area contributed by atoms with Crippen LogP contribution in [0.4, 0.5) is 13.2 Å². The minimum Gasteiger partial charge on any atom is -0.465 e. The minimum absolute atomic E-state index is 0.0334. The number of esters is 1. The second kappa shape index (κ2) is 6.24. The Bertz CT molecular complexity index is 952. The number of methoxy groups -OCH3 is 1. The maximum absolute atomic E-state index is 14.1. The van der Waals surface area contributed by atoms with E-state index in [0.29, 0.717) is 27.4 Å². The zero-order chi connectivity index (χ0) is 17.4. The average Bonchev–Trinajstić information content (AvgIpc) is 2.55. The monoisotopic (exact) mass is 395 g/mol. The first kappa shape index (κ1) is 16.4.